The summed E-state index contributed by atoms with van der Waals surface area (Å²) in [7, 11) is 0. The highest BCUT2D eigenvalue weighted by Gasteiger charge is 2.71. The van der Waals surface area contributed by atoms with E-state index in [0.29, 0.717) is 0 Å². The van der Waals surface area contributed by atoms with E-state index < -0.39 is 48.3 Å². The highest BCUT2D eigenvalue weighted by Crippen LogP contribution is 2.55. The Balaban J connectivity index is 1.31. The molecule has 0 aromatic heterocycles. The molecule has 0 radical (unpaired) electrons. The first-order chi connectivity index (χ1) is 16.3. The van der Waals surface area contributed by atoms with Crippen LogP contribution in [0.15, 0.2) is 61.2 Å². The van der Waals surface area contributed by atoms with Crippen LogP contribution in [0.4, 0.5) is 13.6 Å². The zero-order chi connectivity index (χ0) is 24.5. The lowest BCUT2D eigenvalue weighted by molar-refractivity contribution is -0.142. The number of halogens is 2. The third-order valence-electron chi connectivity index (χ3n) is 6.31. The molecule has 2 aliphatic rings. The molecular formula is C25H24F2N2O5. The quantitative estimate of drug-likeness (QED) is 0.486. The molecule has 0 spiro atoms. The van der Waals surface area contributed by atoms with Gasteiger partial charge in [-0.2, -0.15) is 0 Å². The van der Waals surface area contributed by atoms with E-state index in [1.807, 2.05) is 48.5 Å². The van der Waals surface area contributed by atoms with E-state index in [-0.39, 0.29) is 18.9 Å². The second-order valence-corrected chi connectivity index (χ2v) is 8.39. The molecular weight excluding hydrogens is 446 g/mol. The Morgan fingerprint density at radius 3 is 2.24 bits per heavy atom. The van der Waals surface area contributed by atoms with Gasteiger partial charge in [-0.3, -0.25) is 4.79 Å². The maximum Gasteiger partial charge on any atom is 0.407 e. The van der Waals surface area contributed by atoms with Crippen LogP contribution < -0.4 is 10.6 Å². The van der Waals surface area contributed by atoms with Gasteiger partial charge in [-0.25, -0.2) is 18.4 Å². The number of amides is 2. The molecule has 3 N–H and O–H groups in total. The predicted octanol–water partition coefficient (Wildman–Crippen LogP) is 3.55. The number of fused-ring (bicyclic) bond motifs is 3. The molecule has 7 nitrogen and oxygen atoms in total. The van der Waals surface area contributed by atoms with Gasteiger partial charge in [0.25, 0.3) is 5.92 Å². The van der Waals surface area contributed by atoms with Crippen LogP contribution in [0, 0.1) is 11.8 Å². The van der Waals surface area contributed by atoms with Crippen molar-refractivity contribution in [2.24, 2.45) is 11.8 Å². The average Bonchev–Trinajstić information content (AvgIpc) is 3.22. The molecule has 0 heterocycles. The van der Waals surface area contributed by atoms with Gasteiger partial charge < -0.3 is 20.5 Å². The summed E-state index contributed by atoms with van der Waals surface area (Å²) in [5.74, 6) is -9.09. The summed E-state index contributed by atoms with van der Waals surface area (Å²) < 4.78 is 33.6. The minimum absolute atomic E-state index is 0.0344. The Hall–Kier alpha value is -3.75. The topological polar surface area (TPSA) is 105 Å². The van der Waals surface area contributed by atoms with Gasteiger partial charge in [0.2, 0.25) is 5.91 Å². The third-order valence-corrected chi connectivity index (χ3v) is 6.31. The minimum atomic E-state index is -3.35. The molecule has 178 valence electrons. The van der Waals surface area contributed by atoms with E-state index in [4.69, 9.17) is 9.84 Å². The number of ether oxygens (including phenoxy) is 1. The number of benzene rings is 2. The van der Waals surface area contributed by atoms with Crippen LogP contribution in [0.1, 0.15) is 23.5 Å². The molecule has 1 saturated carbocycles. The first kappa shape index (κ1) is 23.4. The van der Waals surface area contributed by atoms with Crippen LogP contribution in [-0.4, -0.2) is 48.2 Å². The third kappa shape index (κ3) is 4.37. The van der Waals surface area contributed by atoms with Crippen molar-refractivity contribution < 1.29 is 33.0 Å². The summed E-state index contributed by atoms with van der Waals surface area (Å²) in [5.41, 5.74) is 4.17. The number of alkyl carbamates (subject to hydrolysis) is 1. The first-order valence-electron chi connectivity index (χ1n) is 10.9. The fraction of sp³-hybridized carbons (Fsp3) is 0.320. The molecule has 2 amide bonds. The van der Waals surface area contributed by atoms with Gasteiger partial charge in [0.05, 0.1) is 5.92 Å². The van der Waals surface area contributed by atoms with Gasteiger partial charge in [0, 0.05) is 12.5 Å². The summed E-state index contributed by atoms with van der Waals surface area (Å²) in [6.45, 7) is 2.95. The van der Waals surface area contributed by atoms with Crippen LogP contribution in [-0.2, 0) is 14.3 Å². The summed E-state index contributed by atoms with van der Waals surface area (Å²) in [4.78, 5) is 35.5. The fourth-order valence-electron chi connectivity index (χ4n) is 4.49. The van der Waals surface area contributed by atoms with Crippen LogP contribution >= 0.6 is 0 Å². The van der Waals surface area contributed by atoms with Gasteiger partial charge in [0.1, 0.15) is 18.6 Å². The van der Waals surface area contributed by atoms with Crippen LogP contribution in [0.2, 0.25) is 0 Å². The van der Waals surface area contributed by atoms with Crippen molar-refractivity contribution in [3.05, 3.63) is 72.3 Å². The molecule has 2 aliphatic carbocycles. The monoisotopic (exact) mass is 470 g/mol. The first-order valence-corrected chi connectivity index (χ1v) is 10.9. The Labute approximate surface area is 194 Å². The van der Waals surface area contributed by atoms with E-state index in [2.05, 4.69) is 17.2 Å². The van der Waals surface area contributed by atoms with Crippen molar-refractivity contribution in [1.29, 1.82) is 0 Å². The van der Waals surface area contributed by atoms with E-state index in [1.165, 1.54) is 6.08 Å². The van der Waals surface area contributed by atoms with Crippen molar-refractivity contribution in [3.63, 3.8) is 0 Å². The molecule has 0 bridgehead atoms. The summed E-state index contributed by atoms with van der Waals surface area (Å²) in [6, 6.07) is 14.3. The second kappa shape index (κ2) is 9.24. The van der Waals surface area contributed by atoms with E-state index >= 15 is 0 Å². The van der Waals surface area contributed by atoms with Gasteiger partial charge in [0.15, 0.2) is 0 Å². The summed E-state index contributed by atoms with van der Waals surface area (Å²) >= 11 is 0. The molecule has 9 heteroatoms. The van der Waals surface area contributed by atoms with Gasteiger partial charge in [-0.15, -0.1) is 6.58 Å². The van der Waals surface area contributed by atoms with Gasteiger partial charge >= 0.3 is 12.1 Å². The number of carbonyl (C=O) groups excluding carboxylic acids is 2. The maximum atomic E-state index is 14.1. The molecule has 1 unspecified atom stereocenters. The Morgan fingerprint density at radius 2 is 1.68 bits per heavy atom. The molecule has 3 atom stereocenters. The summed E-state index contributed by atoms with van der Waals surface area (Å²) in [5, 5.41) is 13.5. The Bertz CT molecular complexity index is 1090. The lowest BCUT2D eigenvalue weighted by atomic mass is 9.98. The lowest BCUT2D eigenvalue weighted by Crippen LogP contribution is -2.42. The van der Waals surface area contributed by atoms with Crippen LogP contribution in [0.25, 0.3) is 11.1 Å². The van der Waals surface area contributed by atoms with E-state index in [1.54, 1.807) is 0 Å². The molecule has 34 heavy (non-hydrogen) atoms. The van der Waals surface area contributed by atoms with Gasteiger partial charge in [-0.05, 0) is 28.7 Å². The number of carboxylic acids is 1. The number of nitrogens with one attached hydrogen (secondary N) is 2. The minimum Gasteiger partial charge on any atom is -0.480 e. The number of carbonyl (C=O) groups is 3. The van der Waals surface area contributed by atoms with E-state index in [9.17, 15) is 23.2 Å². The number of rotatable bonds is 9. The van der Waals surface area contributed by atoms with Crippen molar-refractivity contribution in [3.8, 4) is 11.1 Å². The molecule has 2 aromatic carbocycles. The molecule has 0 saturated heterocycles. The number of carboxylic acid groups (broad SMARTS) is 1. The zero-order valence-corrected chi connectivity index (χ0v) is 18.2. The molecule has 1 fully saturated rings. The van der Waals surface area contributed by atoms with Crippen molar-refractivity contribution in [2.45, 2.75) is 24.3 Å². The van der Waals surface area contributed by atoms with Crippen molar-refractivity contribution in [1.82, 2.24) is 10.6 Å². The molecule has 2 aromatic rings. The van der Waals surface area contributed by atoms with Gasteiger partial charge in [-0.1, -0.05) is 54.6 Å². The van der Waals surface area contributed by atoms with Crippen molar-refractivity contribution in [2.75, 3.05) is 13.2 Å². The highest BCUT2D eigenvalue weighted by atomic mass is 19.3. The fourth-order valence-corrected chi connectivity index (χ4v) is 4.49. The normalized spacial score (nSPS) is 20.4. The van der Waals surface area contributed by atoms with Crippen molar-refractivity contribution >= 4 is 18.0 Å². The smallest absolute Gasteiger partial charge is 0.407 e. The van der Waals surface area contributed by atoms with E-state index in [0.717, 1.165) is 22.3 Å². The Kier molecular flexibility index (Phi) is 6.37. The Morgan fingerprint density at radius 1 is 1.09 bits per heavy atom. The standard InChI is InChI=1S/C25H24F2N2O5/c1-2-7-20(23(31)32)29-22(30)21-19(25(21,26)27)12-28-24(33)34-13-18-16-10-5-3-8-14(16)15-9-4-6-11-17(15)18/h2-6,8-11,18-21H,1,7,12-13H2,(H,28,33)(H,29,30)(H,31,32)/t19-,20?,21-/m0/s1. The van der Waals surface area contributed by atoms with Crippen LogP contribution in [0.5, 0.6) is 0 Å². The lowest BCUT2D eigenvalue weighted by Gasteiger charge is -2.14. The number of aliphatic carboxylic acids is 1. The number of hydrogen-bond donors (Lipinski definition) is 3. The summed E-state index contributed by atoms with van der Waals surface area (Å²) in [6.07, 6.45) is 0.321. The number of hydrogen-bond acceptors (Lipinski definition) is 4. The highest BCUT2D eigenvalue weighted by molar-refractivity contribution is 5.88. The second-order valence-electron chi connectivity index (χ2n) is 8.39. The van der Waals surface area contributed by atoms with Crippen LogP contribution in [0.3, 0.4) is 0 Å². The molecule has 4 rings (SSSR count). The number of alkyl halides is 2. The maximum absolute atomic E-state index is 14.1. The largest absolute Gasteiger partial charge is 0.480 e. The predicted molar refractivity (Wildman–Crippen MR) is 119 cm³/mol. The average molecular weight is 470 g/mol. The SMILES string of the molecule is C=CCC(NC(=O)[C@@H]1[C@H](CNC(=O)OCC2c3ccccc3-c3ccccc32)C1(F)F)C(=O)O. The molecule has 0 aliphatic heterocycles. The zero-order valence-electron chi connectivity index (χ0n) is 18.2.